The van der Waals surface area contributed by atoms with Crippen LogP contribution >= 0.6 is 102 Å². The first-order valence-corrected chi connectivity index (χ1v) is 52.1. The predicted octanol–water partition coefficient (Wildman–Crippen LogP) is 15.9. The van der Waals surface area contributed by atoms with E-state index in [-0.39, 0.29) is 46.3 Å². The van der Waals surface area contributed by atoms with Crippen LogP contribution in [0.4, 0.5) is 17.1 Å². The Balaban J connectivity index is 0.000000259. The fraction of sp³-hybridized carbons (Fsp3) is 0.289. The number of sulfonamides is 3. The van der Waals surface area contributed by atoms with Crippen molar-refractivity contribution in [3.63, 3.8) is 0 Å². The molecule has 0 saturated carbocycles. The summed E-state index contributed by atoms with van der Waals surface area (Å²) in [7, 11) is -21.6. The van der Waals surface area contributed by atoms with Gasteiger partial charge in [0.1, 0.15) is 0 Å². The number of rotatable bonds is 22. The van der Waals surface area contributed by atoms with E-state index in [1.807, 2.05) is 130 Å². The highest BCUT2D eigenvalue weighted by atomic mass is 127. The highest BCUT2D eigenvalue weighted by molar-refractivity contribution is 14.1. The molecule has 0 aliphatic heterocycles. The van der Waals surface area contributed by atoms with E-state index in [1.165, 1.54) is 44.8 Å². The molecular weight excluding hydrogens is 1820 g/mol. The van der Waals surface area contributed by atoms with Gasteiger partial charge in [-0.25, -0.2) is 33.7 Å². The van der Waals surface area contributed by atoms with Gasteiger partial charge in [-0.1, -0.05) is 252 Å². The summed E-state index contributed by atoms with van der Waals surface area (Å²) in [6.45, 7) is 20.4. The van der Waals surface area contributed by atoms with Crippen molar-refractivity contribution in [1.82, 2.24) is 0 Å². The number of thioether (sulfide) groups is 2. The van der Waals surface area contributed by atoms with Crippen molar-refractivity contribution in [3.05, 3.63) is 246 Å². The zero-order valence-electron chi connectivity index (χ0n) is 59.9. The number of nitrogens with one attached hydrogen (secondary N) is 3. The van der Waals surface area contributed by atoms with Crippen LogP contribution in [0.15, 0.2) is 233 Å². The molecule has 0 unspecified atom stereocenters. The van der Waals surface area contributed by atoms with Gasteiger partial charge in [0.25, 0.3) is 16.6 Å². The van der Waals surface area contributed by atoms with Gasteiger partial charge in [0, 0.05) is 26.8 Å². The Morgan fingerprint density at radius 3 is 0.903 bits per heavy atom. The van der Waals surface area contributed by atoms with Crippen LogP contribution in [-0.4, -0.2) is 100 Å². The van der Waals surface area contributed by atoms with Gasteiger partial charge in [0.2, 0.25) is 37.5 Å². The van der Waals surface area contributed by atoms with Crippen molar-refractivity contribution in [3.8, 4) is 0 Å². The van der Waals surface area contributed by atoms with E-state index < -0.39 is 63.9 Å². The van der Waals surface area contributed by atoms with Crippen molar-refractivity contribution in [1.29, 1.82) is 0 Å². The number of hydrogen-bond acceptors (Lipinski definition) is 13. The lowest BCUT2D eigenvalue weighted by Crippen LogP contribution is -2.66. The lowest BCUT2D eigenvalue weighted by Gasteiger charge is -2.43. The van der Waals surface area contributed by atoms with E-state index in [4.69, 9.17) is 25.0 Å². The van der Waals surface area contributed by atoms with Crippen LogP contribution in [-0.2, 0) is 68.6 Å². The zero-order chi connectivity index (χ0) is 75.9. The van der Waals surface area contributed by atoms with E-state index in [0.29, 0.717) is 27.1 Å². The van der Waals surface area contributed by atoms with Gasteiger partial charge in [0.05, 0.1) is 60.5 Å². The van der Waals surface area contributed by atoms with Crippen LogP contribution in [0.2, 0.25) is 15.1 Å². The maximum atomic E-state index is 12.7. The van der Waals surface area contributed by atoms with E-state index in [1.54, 1.807) is 30.0 Å². The normalized spacial score (nSPS) is 12.4. The fourth-order valence-electron chi connectivity index (χ4n) is 12.0. The third-order valence-corrected chi connectivity index (χ3v) is 41.0. The van der Waals surface area contributed by atoms with E-state index in [0.717, 1.165) is 57.2 Å². The molecule has 27 heteroatoms. The number of aliphatic hydroxyl groups excluding tert-OH is 1. The summed E-state index contributed by atoms with van der Waals surface area (Å²) in [5.41, 5.74) is 3.71. The first-order chi connectivity index (χ1) is 47.5. The molecular formula is C76H95ClI3N3O11S6Si3. The van der Waals surface area contributed by atoms with Crippen molar-refractivity contribution in [2.75, 3.05) is 51.7 Å². The number of halogens is 4. The molecule has 0 radical (unpaired) electrons. The monoisotopic (exact) mass is 1920 g/mol. The quantitative estimate of drug-likeness (QED) is 0.0216. The van der Waals surface area contributed by atoms with Gasteiger partial charge in [-0.3, -0.25) is 14.2 Å². The van der Waals surface area contributed by atoms with E-state index in [9.17, 15) is 33.7 Å². The first-order valence-electron chi connectivity index (χ1n) is 32.1. The Labute approximate surface area is 671 Å². The molecule has 0 amide bonds. The highest BCUT2D eigenvalue weighted by Gasteiger charge is 2.52. The Bertz CT molecular complexity index is 4630. The maximum absolute atomic E-state index is 12.7. The Morgan fingerprint density at radius 2 is 0.650 bits per heavy atom. The standard InChI is InChI=1S/C25H30INO5S2Si.C25H30INO3S2Si.C16H19ClSi.C9H12INO3S2.CH4/c1-25(2,3)35(20-12-8-6-9-13-20,21-14-10-7-11-15-21)32-18-19-16-22(26)23(27-34(5,30)31)17-24(19)33(4,28)29;1-25(2,3)33(20-12-8-6-9-13-20,21-14-10-7-11-15-21)30-18-19-16-22(26)23(17-24(19)31-4)27-32(5,28)29;1-16(2,3)18(17,14-10-6-4-7-11-14)15-12-8-5-9-13-15;1-15-9-4-8(11-16(2,13)14)7(10)3-6(9)5-12;/h6-17,27H,18H2,1-5H3;6-17,27H,18H2,1-5H3;4-13H,1-3H3;3-4,11-12H,5H2,1-2H3;1H4. The number of anilines is 3. The maximum Gasteiger partial charge on any atom is 0.261 e. The molecule has 0 aromatic heterocycles. The molecule has 0 aliphatic carbocycles. The molecule has 0 heterocycles. The second-order valence-electron chi connectivity index (χ2n) is 27.3. The van der Waals surface area contributed by atoms with Gasteiger partial charge in [-0.15, -0.1) is 23.5 Å². The minimum Gasteiger partial charge on any atom is -0.403 e. The Hall–Kier alpha value is -4.11. The number of aliphatic hydroxyl groups is 1. The molecule has 9 rings (SSSR count). The van der Waals surface area contributed by atoms with Crippen LogP contribution in [0.3, 0.4) is 0 Å². The van der Waals surface area contributed by atoms with Gasteiger partial charge in [-0.2, -0.15) is 11.1 Å². The second kappa shape index (κ2) is 37.8. The largest absolute Gasteiger partial charge is 0.403 e. The highest BCUT2D eigenvalue weighted by Crippen LogP contribution is 2.42. The molecule has 0 fully saturated rings. The zero-order valence-corrected chi connectivity index (χ0v) is 75.0. The number of hydrogen-bond donors (Lipinski definition) is 4. The average Bonchev–Trinajstić information content (AvgIpc) is 0.754. The van der Waals surface area contributed by atoms with Gasteiger partial charge in [0.15, 0.2) is 9.84 Å². The molecule has 0 atom stereocenters. The molecule has 103 heavy (non-hydrogen) atoms. The first kappa shape index (κ1) is 89.5. The van der Waals surface area contributed by atoms with E-state index in [2.05, 4.69) is 220 Å². The number of benzene rings is 9. The summed E-state index contributed by atoms with van der Waals surface area (Å²) in [5, 5.41) is 16.0. The molecule has 4 N–H and O–H groups in total. The minimum atomic E-state index is -3.66. The molecule has 556 valence electrons. The van der Waals surface area contributed by atoms with Crippen LogP contribution in [0.5, 0.6) is 0 Å². The molecule has 0 aliphatic rings. The summed E-state index contributed by atoms with van der Waals surface area (Å²) in [6.07, 6.45) is 8.31. The molecule has 14 nitrogen and oxygen atoms in total. The molecule has 0 spiro atoms. The van der Waals surface area contributed by atoms with Crippen LogP contribution in [0.1, 0.15) is 86.4 Å². The number of sulfone groups is 1. The SMILES string of the molecule is C.CC(C)(C)[Si](Cl)(c1ccccc1)c1ccccc1.CC(C)(C)[Si](OCc1cc(I)c(NS(C)(=O)=O)cc1S(C)(=O)=O)(c1ccccc1)c1ccccc1.CSc1cc(NS(C)(=O)=O)c(I)cc1CO.CSc1cc(NS(C)(=O)=O)c(I)cc1CO[Si](c1ccccc1)(c1ccccc1)C(C)(C)C. The van der Waals surface area contributed by atoms with Crippen molar-refractivity contribution < 1.29 is 47.6 Å². The second-order valence-corrected chi connectivity index (χ2v) is 54.0. The van der Waals surface area contributed by atoms with Crippen molar-refractivity contribution in [2.45, 2.75) is 119 Å². The lowest BCUT2D eigenvalue weighted by molar-refractivity contribution is 0.279. The summed E-state index contributed by atoms with van der Waals surface area (Å²) < 4.78 is 119. The van der Waals surface area contributed by atoms with Crippen LogP contribution in [0, 0.1) is 10.7 Å². The van der Waals surface area contributed by atoms with Crippen LogP contribution < -0.4 is 45.3 Å². The summed E-state index contributed by atoms with van der Waals surface area (Å²) in [6, 6.07) is 72.9. The van der Waals surface area contributed by atoms with Gasteiger partial charge < -0.3 is 14.0 Å². The van der Waals surface area contributed by atoms with E-state index >= 15 is 0 Å². The Morgan fingerprint density at radius 1 is 0.398 bits per heavy atom. The van der Waals surface area contributed by atoms with Crippen LogP contribution in [0.25, 0.3) is 0 Å². The van der Waals surface area contributed by atoms with Crippen molar-refractivity contribution >= 4 is 214 Å². The topological polar surface area (TPSA) is 211 Å². The van der Waals surface area contributed by atoms with Gasteiger partial charge in [-0.05, 0) is 180 Å². The summed E-state index contributed by atoms with van der Waals surface area (Å²) in [4.78, 5) is 1.91. The third kappa shape index (κ3) is 23.9. The summed E-state index contributed by atoms with van der Waals surface area (Å²) in [5.74, 6) is 0. The lowest BCUT2D eigenvalue weighted by atomic mass is 10.2. The fourth-order valence-corrected chi connectivity index (χ4v) is 31.6. The minimum absolute atomic E-state index is 0. The predicted molar refractivity (Wildman–Crippen MR) is 470 cm³/mol. The average molecular weight is 1920 g/mol. The molecule has 0 saturated heterocycles. The van der Waals surface area contributed by atoms with Crippen molar-refractivity contribution in [2.24, 2.45) is 0 Å². The smallest absolute Gasteiger partial charge is 0.261 e. The van der Waals surface area contributed by atoms with Gasteiger partial charge >= 0.3 is 0 Å². The molecule has 9 aromatic carbocycles. The summed E-state index contributed by atoms with van der Waals surface area (Å²) >= 11 is 16.5. The third-order valence-electron chi connectivity index (χ3n) is 16.4. The molecule has 0 bridgehead atoms. The Kier molecular flexibility index (Phi) is 32.9. The molecule has 9 aromatic rings.